The number of carbonyl (C=O) groups excluding carboxylic acids is 1. The lowest BCUT2D eigenvalue weighted by Crippen LogP contribution is -2.45. The normalized spacial score (nSPS) is 25.5. The summed E-state index contributed by atoms with van der Waals surface area (Å²) in [7, 11) is 0. The number of carbonyl (C=O) groups is 1. The fraction of sp³-hybridized carbons (Fsp3) is 0.682. The van der Waals surface area contributed by atoms with E-state index in [4.69, 9.17) is 5.73 Å². The molecule has 2 saturated heterocycles. The van der Waals surface area contributed by atoms with Crippen LogP contribution in [0.15, 0.2) is 24.3 Å². The minimum atomic E-state index is -0.289. The molecule has 0 spiro atoms. The van der Waals surface area contributed by atoms with E-state index in [1.807, 2.05) is 18.2 Å². The number of unbranched alkanes of at least 4 members (excludes halogenated alkanes) is 3. The van der Waals surface area contributed by atoms with E-state index in [9.17, 15) is 4.79 Å². The second-order valence-electron chi connectivity index (χ2n) is 8.05. The van der Waals surface area contributed by atoms with E-state index in [0.29, 0.717) is 18.0 Å². The molecule has 2 unspecified atom stereocenters. The molecule has 1 aromatic carbocycles. The van der Waals surface area contributed by atoms with Crippen LogP contribution in [0.2, 0.25) is 0 Å². The van der Waals surface area contributed by atoms with E-state index in [1.165, 1.54) is 44.1 Å². The number of nitrogens with two attached hydrogens (primary N) is 1. The Kier molecular flexibility index (Phi) is 7.09. The maximum absolute atomic E-state index is 11.8. The second kappa shape index (κ2) is 9.52. The van der Waals surface area contributed by atoms with Crippen molar-refractivity contribution in [2.45, 2.75) is 76.3 Å². The van der Waals surface area contributed by atoms with Gasteiger partial charge in [-0.3, -0.25) is 9.69 Å². The molecule has 26 heavy (non-hydrogen) atoms. The van der Waals surface area contributed by atoms with Crippen LogP contribution in [0.5, 0.6) is 0 Å². The van der Waals surface area contributed by atoms with Gasteiger partial charge in [-0.15, -0.1) is 0 Å². The van der Waals surface area contributed by atoms with Crippen molar-refractivity contribution in [2.75, 3.05) is 19.6 Å². The fourth-order valence-electron chi connectivity index (χ4n) is 4.98. The molecule has 2 fully saturated rings. The third-order valence-electron chi connectivity index (χ3n) is 6.30. The van der Waals surface area contributed by atoms with Gasteiger partial charge in [0, 0.05) is 30.7 Å². The second-order valence-corrected chi connectivity index (χ2v) is 8.05. The molecular formula is C22H35N3O. The number of hydrogen-bond acceptors (Lipinski definition) is 3. The molecule has 3 rings (SSSR count). The van der Waals surface area contributed by atoms with Gasteiger partial charge in [0.15, 0.2) is 0 Å². The first kappa shape index (κ1) is 19.4. The van der Waals surface area contributed by atoms with Crippen LogP contribution in [0.25, 0.3) is 0 Å². The van der Waals surface area contributed by atoms with Gasteiger partial charge in [-0.2, -0.15) is 0 Å². The van der Waals surface area contributed by atoms with Crippen LogP contribution >= 0.6 is 0 Å². The monoisotopic (exact) mass is 357 g/mol. The lowest BCUT2D eigenvalue weighted by atomic mass is 9.82. The fourth-order valence-corrected chi connectivity index (χ4v) is 4.98. The Bertz CT molecular complexity index is 575. The molecule has 0 saturated carbocycles. The largest absolute Gasteiger partial charge is 0.366 e. The molecule has 2 aliphatic heterocycles. The third-order valence-corrected chi connectivity index (χ3v) is 6.30. The topological polar surface area (TPSA) is 58.4 Å². The minimum Gasteiger partial charge on any atom is -0.366 e. The molecule has 3 N–H and O–H groups in total. The van der Waals surface area contributed by atoms with Crippen LogP contribution < -0.4 is 11.1 Å². The molecule has 1 aromatic rings. The summed E-state index contributed by atoms with van der Waals surface area (Å²) in [6.45, 7) is 5.67. The van der Waals surface area contributed by atoms with Crippen LogP contribution in [0, 0.1) is 0 Å². The van der Waals surface area contributed by atoms with E-state index in [1.54, 1.807) is 0 Å². The standard InChI is InChI=1S/C22H35N3O/c1-2-3-4-7-12-24-13-14-25-18-10-11-19(25)16-17(15-18)20-8-5-6-9-21(20)22(23)26/h5-6,8-9,17-19,24H,2-4,7,10-16H2,1H3,(H2,23,26). The van der Waals surface area contributed by atoms with Crippen LogP contribution in [0.4, 0.5) is 0 Å². The number of piperidine rings is 1. The Balaban J connectivity index is 1.50. The van der Waals surface area contributed by atoms with Gasteiger partial charge in [0.2, 0.25) is 5.91 Å². The molecule has 0 aliphatic carbocycles. The molecule has 2 atom stereocenters. The number of nitrogens with zero attached hydrogens (tertiary/aromatic N) is 1. The minimum absolute atomic E-state index is 0.289. The number of primary amides is 1. The van der Waals surface area contributed by atoms with Crippen LogP contribution in [0.3, 0.4) is 0 Å². The highest BCUT2D eigenvalue weighted by atomic mass is 16.1. The number of nitrogens with one attached hydrogen (secondary N) is 1. The van der Waals surface area contributed by atoms with Crippen molar-refractivity contribution >= 4 is 5.91 Å². The van der Waals surface area contributed by atoms with E-state index < -0.39 is 0 Å². The summed E-state index contributed by atoms with van der Waals surface area (Å²) in [6.07, 6.45) is 10.2. The van der Waals surface area contributed by atoms with Crippen LogP contribution in [-0.4, -0.2) is 42.5 Å². The van der Waals surface area contributed by atoms with Crippen molar-refractivity contribution < 1.29 is 4.79 Å². The molecule has 144 valence electrons. The van der Waals surface area contributed by atoms with Gasteiger partial charge in [-0.25, -0.2) is 0 Å². The van der Waals surface area contributed by atoms with Crippen molar-refractivity contribution in [3.63, 3.8) is 0 Å². The summed E-state index contributed by atoms with van der Waals surface area (Å²) in [5, 5.41) is 3.62. The Morgan fingerprint density at radius 3 is 2.54 bits per heavy atom. The van der Waals surface area contributed by atoms with E-state index in [0.717, 1.165) is 38.0 Å². The van der Waals surface area contributed by atoms with Crippen LogP contribution in [-0.2, 0) is 0 Å². The summed E-state index contributed by atoms with van der Waals surface area (Å²) in [4.78, 5) is 14.5. The Labute approximate surface area is 158 Å². The zero-order valence-electron chi connectivity index (χ0n) is 16.3. The zero-order valence-corrected chi connectivity index (χ0v) is 16.3. The van der Waals surface area contributed by atoms with Gasteiger partial charge < -0.3 is 11.1 Å². The number of rotatable bonds is 10. The highest BCUT2D eigenvalue weighted by Gasteiger charge is 2.41. The number of benzene rings is 1. The number of amides is 1. The van der Waals surface area contributed by atoms with Crippen molar-refractivity contribution in [1.82, 2.24) is 10.2 Å². The van der Waals surface area contributed by atoms with Crippen molar-refractivity contribution in [3.05, 3.63) is 35.4 Å². The SMILES string of the molecule is CCCCCCNCCN1C2CCC1CC(c1ccccc1C(N)=O)C2. The van der Waals surface area contributed by atoms with Gasteiger partial charge in [0.05, 0.1) is 0 Å². The van der Waals surface area contributed by atoms with E-state index >= 15 is 0 Å². The Hall–Kier alpha value is -1.39. The summed E-state index contributed by atoms with van der Waals surface area (Å²) >= 11 is 0. The molecule has 4 nitrogen and oxygen atoms in total. The average Bonchev–Trinajstić information content (AvgIpc) is 2.88. The predicted octanol–water partition coefficient (Wildman–Crippen LogP) is 3.67. The zero-order chi connectivity index (χ0) is 18.4. The Morgan fingerprint density at radius 2 is 1.85 bits per heavy atom. The summed E-state index contributed by atoms with van der Waals surface area (Å²) in [5.41, 5.74) is 7.49. The van der Waals surface area contributed by atoms with E-state index in [-0.39, 0.29) is 5.91 Å². The maximum Gasteiger partial charge on any atom is 0.248 e. The smallest absolute Gasteiger partial charge is 0.248 e. The van der Waals surface area contributed by atoms with Gasteiger partial charge in [-0.1, -0.05) is 44.4 Å². The number of fused-ring (bicyclic) bond motifs is 2. The maximum atomic E-state index is 11.8. The summed E-state index contributed by atoms with van der Waals surface area (Å²) < 4.78 is 0. The summed E-state index contributed by atoms with van der Waals surface area (Å²) in [6, 6.07) is 9.28. The highest BCUT2D eigenvalue weighted by Crippen LogP contribution is 2.43. The predicted molar refractivity (Wildman–Crippen MR) is 107 cm³/mol. The van der Waals surface area contributed by atoms with E-state index in [2.05, 4.69) is 23.2 Å². The third kappa shape index (κ3) is 4.66. The van der Waals surface area contributed by atoms with Gasteiger partial charge in [-0.05, 0) is 56.2 Å². The first-order chi connectivity index (χ1) is 12.7. The molecular weight excluding hydrogens is 322 g/mol. The Morgan fingerprint density at radius 1 is 1.12 bits per heavy atom. The average molecular weight is 358 g/mol. The molecule has 0 radical (unpaired) electrons. The molecule has 4 heteroatoms. The van der Waals surface area contributed by atoms with Crippen molar-refractivity contribution in [2.24, 2.45) is 5.73 Å². The molecule has 2 aliphatic rings. The molecule has 2 heterocycles. The van der Waals surface area contributed by atoms with Gasteiger partial charge >= 0.3 is 0 Å². The first-order valence-electron chi connectivity index (χ1n) is 10.6. The van der Waals surface area contributed by atoms with Crippen molar-refractivity contribution in [3.8, 4) is 0 Å². The summed E-state index contributed by atoms with van der Waals surface area (Å²) in [5.74, 6) is 0.192. The lowest BCUT2D eigenvalue weighted by Gasteiger charge is -2.39. The van der Waals surface area contributed by atoms with Crippen molar-refractivity contribution in [1.29, 1.82) is 0 Å². The lowest BCUT2D eigenvalue weighted by molar-refractivity contribution is 0.0994. The van der Waals surface area contributed by atoms with Crippen LogP contribution in [0.1, 0.15) is 80.1 Å². The molecule has 1 amide bonds. The van der Waals surface area contributed by atoms with Gasteiger partial charge in [0.25, 0.3) is 0 Å². The first-order valence-corrected chi connectivity index (χ1v) is 10.6. The van der Waals surface area contributed by atoms with Gasteiger partial charge in [0.1, 0.15) is 0 Å². The number of hydrogen-bond donors (Lipinski definition) is 2. The highest BCUT2D eigenvalue weighted by molar-refractivity contribution is 5.94. The quantitative estimate of drug-likeness (QED) is 0.628. The molecule has 0 aromatic heterocycles. The molecule has 2 bridgehead atoms.